The Morgan fingerprint density at radius 2 is 1.18 bits per heavy atom. The van der Waals surface area contributed by atoms with Gasteiger partial charge in [0.15, 0.2) is 0 Å². The Bertz CT molecular complexity index is 703. The Labute approximate surface area is 136 Å². The fourth-order valence-electron chi connectivity index (χ4n) is 2.65. The highest BCUT2D eigenvalue weighted by molar-refractivity contribution is 7.08. The number of aromatic amines is 2. The van der Waals surface area contributed by atoms with Gasteiger partial charge in [-0.1, -0.05) is 0 Å². The van der Waals surface area contributed by atoms with Crippen LogP contribution in [0.25, 0.3) is 11.1 Å². The minimum atomic E-state index is 1.13. The summed E-state index contributed by atoms with van der Waals surface area (Å²) in [6.45, 7) is 0. The summed E-state index contributed by atoms with van der Waals surface area (Å²) in [5.74, 6) is 0. The van der Waals surface area contributed by atoms with Gasteiger partial charge in [-0.05, 0) is 69.0 Å². The van der Waals surface area contributed by atoms with Crippen LogP contribution >= 0.6 is 22.7 Å². The zero-order valence-corrected chi connectivity index (χ0v) is 13.4. The van der Waals surface area contributed by atoms with E-state index in [-0.39, 0.29) is 0 Å². The molecule has 4 rings (SSSR count). The molecule has 0 aromatic carbocycles. The molecule has 0 aliphatic rings. The van der Waals surface area contributed by atoms with Crippen LogP contribution in [0.1, 0.15) is 22.5 Å². The molecule has 0 radical (unpaired) electrons. The van der Waals surface area contributed by atoms with E-state index in [0.717, 1.165) is 11.4 Å². The van der Waals surface area contributed by atoms with E-state index in [0.29, 0.717) is 0 Å². The average Bonchev–Trinajstić information content (AvgIpc) is 3.35. The van der Waals surface area contributed by atoms with Crippen LogP contribution in [0.5, 0.6) is 0 Å². The molecule has 0 unspecified atom stereocenters. The van der Waals surface area contributed by atoms with Gasteiger partial charge in [-0.2, -0.15) is 22.7 Å². The molecule has 22 heavy (non-hydrogen) atoms. The first-order chi connectivity index (χ1) is 10.9. The molecule has 108 valence electrons. The second-order valence-corrected chi connectivity index (χ2v) is 6.50. The van der Waals surface area contributed by atoms with Gasteiger partial charge >= 0.3 is 0 Å². The number of thiophene rings is 2. The summed E-state index contributed by atoms with van der Waals surface area (Å²) in [6, 6.07) is 12.7. The Balaban J connectivity index is 2.06. The predicted molar refractivity (Wildman–Crippen MR) is 95.2 cm³/mol. The van der Waals surface area contributed by atoms with Gasteiger partial charge in [0.2, 0.25) is 0 Å². The number of rotatable bonds is 4. The second-order valence-electron chi connectivity index (χ2n) is 4.94. The maximum Gasteiger partial charge on any atom is 0.0467 e. The molecule has 0 saturated carbocycles. The van der Waals surface area contributed by atoms with Gasteiger partial charge < -0.3 is 9.97 Å². The van der Waals surface area contributed by atoms with Crippen LogP contribution in [0.3, 0.4) is 0 Å². The van der Waals surface area contributed by atoms with Crippen molar-refractivity contribution in [2.75, 3.05) is 0 Å². The first-order valence-corrected chi connectivity index (χ1v) is 8.89. The number of hydrogen-bond acceptors (Lipinski definition) is 2. The number of H-pyrrole nitrogens is 2. The van der Waals surface area contributed by atoms with E-state index in [4.69, 9.17) is 0 Å². The van der Waals surface area contributed by atoms with Gasteiger partial charge in [0.05, 0.1) is 0 Å². The smallest absolute Gasteiger partial charge is 0.0467 e. The van der Waals surface area contributed by atoms with E-state index >= 15 is 0 Å². The predicted octanol–water partition coefficient (Wildman–Crippen LogP) is 5.47. The van der Waals surface area contributed by atoms with Gasteiger partial charge in [0.1, 0.15) is 0 Å². The monoisotopic (exact) mass is 322 g/mol. The Hall–Kier alpha value is -2.30. The highest BCUT2D eigenvalue weighted by atomic mass is 32.1. The molecule has 0 amide bonds. The molecular formula is C18H14N2S2. The largest absolute Gasteiger partial charge is 0.361 e. The van der Waals surface area contributed by atoms with Crippen LogP contribution < -0.4 is 0 Å². The van der Waals surface area contributed by atoms with Crippen LogP contribution in [-0.4, -0.2) is 9.97 Å². The summed E-state index contributed by atoms with van der Waals surface area (Å²) in [5, 5.41) is 8.65. The molecule has 2 nitrogen and oxygen atoms in total. The number of aromatic nitrogens is 2. The van der Waals surface area contributed by atoms with Crippen molar-refractivity contribution in [3.05, 3.63) is 92.8 Å². The molecule has 0 bridgehead atoms. The zero-order valence-electron chi connectivity index (χ0n) is 11.7. The fraction of sp³-hybridized carbons (Fsp3) is 0. The molecular weight excluding hydrogens is 308 g/mol. The topological polar surface area (TPSA) is 31.6 Å². The summed E-state index contributed by atoms with van der Waals surface area (Å²) in [6.07, 6.45) is 3.95. The highest BCUT2D eigenvalue weighted by Crippen LogP contribution is 2.36. The maximum absolute atomic E-state index is 3.37. The lowest BCUT2D eigenvalue weighted by molar-refractivity contribution is 1.32. The van der Waals surface area contributed by atoms with Gasteiger partial charge in [0, 0.05) is 34.9 Å². The molecule has 4 heterocycles. The quantitative estimate of drug-likeness (QED) is 0.499. The van der Waals surface area contributed by atoms with E-state index in [9.17, 15) is 0 Å². The van der Waals surface area contributed by atoms with Crippen molar-refractivity contribution in [3.8, 4) is 0 Å². The Kier molecular flexibility index (Phi) is 3.54. The van der Waals surface area contributed by atoms with Crippen molar-refractivity contribution in [1.82, 2.24) is 9.97 Å². The molecule has 0 spiro atoms. The molecule has 0 aliphatic carbocycles. The van der Waals surface area contributed by atoms with Crippen molar-refractivity contribution in [3.63, 3.8) is 0 Å². The lowest BCUT2D eigenvalue weighted by atomic mass is 9.93. The fourth-order valence-corrected chi connectivity index (χ4v) is 3.95. The van der Waals surface area contributed by atoms with E-state index in [1.165, 1.54) is 22.3 Å². The van der Waals surface area contributed by atoms with Gasteiger partial charge in [-0.3, -0.25) is 0 Å². The standard InChI is InChI=1S/C18H14N2S2/c1-3-15(19-7-1)17(13-5-9-21-11-13)18(14-6-10-22-12-14)16-4-2-8-20-16/h1-12,19-20H/b18-17-. The van der Waals surface area contributed by atoms with Crippen LogP contribution in [0.15, 0.2) is 70.3 Å². The second kappa shape index (κ2) is 5.83. The summed E-state index contributed by atoms with van der Waals surface area (Å²) in [5.41, 5.74) is 7.20. The molecule has 0 saturated heterocycles. The van der Waals surface area contributed by atoms with Crippen LogP contribution in [0, 0.1) is 0 Å². The minimum Gasteiger partial charge on any atom is -0.361 e. The van der Waals surface area contributed by atoms with Crippen LogP contribution in [-0.2, 0) is 0 Å². The van der Waals surface area contributed by atoms with Crippen LogP contribution in [0.4, 0.5) is 0 Å². The highest BCUT2D eigenvalue weighted by Gasteiger charge is 2.17. The average molecular weight is 322 g/mol. The molecule has 0 fully saturated rings. The maximum atomic E-state index is 3.37. The third kappa shape index (κ3) is 2.36. The van der Waals surface area contributed by atoms with Crippen molar-refractivity contribution in [2.45, 2.75) is 0 Å². The summed E-state index contributed by atoms with van der Waals surface area (Å²) >= 11 is 3.44. The third-order valence-corrected chi connectivity index (χ3v) is 4.97. The van der Waals surface area contributed by atoms with Crippen LogP contribution in [0.2, 0.25) is 0 Å². The summed E-state index contributed by atoms with van der Waals surface area (Å²) in [7, 11) is 0. The van der Waals surface area contributed by atoms with E-state index in [2.05, 4.69) is 55.8 Å². The van der Waals surface area contributed by atoms with E-state index in [1.54, 1.807) is 22.7 Å². The molecule has 2 N–H and O–H groups in total. The van der Waals surface area contributed by atoms with Gasteiger partial charge in [-0.25, -0.2) is 0 Å². The first-order valence-electron chi connectivity index (χ1n) is 7.00. The van der Waals surface area contributed by atoms with Crippen molar-refractivity contribution >= 4 is 33.8 Å². The van der Waals surface area contributed by atoms with Crippen molar-refractivity contribution in [1.29, 1.82) is 0 Å². The SMILES string of the molecule is c1c[nH]c(/C(=C(/c2ccsc2)c2ccc[nH]2)c2ccsc2)c1. The lowest BCUT2D eigenvalue weighted by Crippen LogP contribution is -1.95. The van der Waals surface area contributed by atoms with Gasteiger partial charge in [0.25, 0.3) is 0 Å². The molecule has 0 aliphatic heterocycles. The Morgan fingerprint density at radius 3 is 1.50 bits per heavy atom. The molecule has 4 heteroatoms. The zero-order chi connectivity index (χ0) is 14.8. The number of hydrogen-bond donors (Lipinski definition) is 2. The number of nitrogens with one attached hydrogen (secondary N) is 2. The normalized spacial score (nSPS) is 12.4. The minimum absolute atomic E-state index is 1.13. The molecule has 0 atom stereocenters. The van der Waals surface area contributed by atoms with Crippen molar-refractivity contribution < 1.29 is 0 Å². The molecule has 4 aromatic rings. The van der Waals surface area contributed by atoms with Crippen molar-refractivity contribution in [2.24, 2.45) is 0 Å². The lowest BCUT2D eigenvalue weighted by Gasteiger charge is -2.12. The van der Waals surface area contributed by atoms with E-state index in [1.807, 2.05) is 24.5 Å². The van der Waals surface area contributed by atoms with E-state index < -0.39 is 0 Å². The summed E-state index contributed by atoms with van der Waals surface area (Å²) in [4.78, 5) is 6.73. The molecule has 4 aromatic heterocycles. The van der Waals surface area contributed by atoms with Gasteiger partial charge in [-0.15, -0.1) is 0 Å². The Morgan fingerprint density at radius 1 is 0.682 bits per heavy atom. The third-order valence-electron chi connectivity index (χ3n) is 3.60. The summed E-state index contributed by atoms with van der Waals surface area (Å²) < 4.78 is 0. The first kappa shape index (κ1) is 13.4.